The number of fused-ring (bicyclic) bond motifs is 4. The highest BCUT2D eigenvalue weighted by atomic mass is 15.1. The number of rotatable bonds is 2. The lowest BCUT2D eigenvalue weighted by Gasteiger charge is -2.15. The summed E-state index contributed by atoms with van der Waals surface area (Å²) in [6.07, 6.45) is 1.90. The summed E-state index contributed by atoms with van der Waals surface area (Å²) < 4.78 is 60.1. The summed E-state index contributed by atoms with van der Waals surface area (Å²) in [5, 5.41) is 0.972. The molecule has 0 saturated heterocycles. The summed E-state index contributed by atoms with van der Waals surface area (Å²) in [6, 6.07) is 11.6. The van der Waals surface area contributed by atoms with Crippen molar-refractivity contribution < 1.29 is 14.2 Å². The molecule has 0 spiro atoms. The molecule has 0 N–H and O–H groups in total. The zero-order chi connectivity index (χ0) is 26.4. The molecule has 3 heteroatoms. The lowest BCUT2D eigenvalue weighted by Crippen LogP contribution is -2.32. The van der Waals surface area contributed by atoms with Gasteiger partial charge in [-0.15, -0.1) is 0 Å². The molecule has 0 aliphatic carbocycles. The largest absolute Gasteiger partial charge is 0.303 e. The third-order valence-corrected chi connectivity index (χ3v) is 6.05. The molecule has 29 heavy (non-hydrogen) atoms. The Morgan fingerprint density at radius 3 is 2.83 bits per heavy atom. The van der Waals surface area contributed by atoms with Gasteiger partial charge in [0.15, 0.2) is 0 Å². The van der Waals surface area contributed by atoms with Crippen molar-refractivity contribution in [1.29, 1.82) is 0 Å². The lowest BCUT2D eigenvalue weighted by atomic mass is 9.91. The van der Waals surface area contributed by atoms with Gasteiger partial charge >= 0.3 is 0 Å². The fraction of sp³-hybridized carbons (Fsp3) is 0.308. The highest BCUT2D eigenvalue weighted by Crippen LogP contribution is 2.39. The molecular formula is C26H28N3+. The molecule has 0 unspecified atom stereocenters. The molecule has 5 rings (SSSR count). The molecule has 0 atom stereocenters. The van der Waals surface area contributed by atoms with Crippen LogP contribution in [-0.2, 0) is 13.5 Å². The van der Waals surface area contributed by atoms with E-state index < -0.39 is 19.6 Å². The second kappa shape index (κ2) is 6.28. The summed E-state index contributed by atoms with van der Waals surface area (Å²) in [5.74, 6) is -0.191. The zero-order valence-electron chi connectivity index (χ0n) is 24.1. The molecule has 3 heterocycles. The molecule has 146 valence electrons. The Kier molecular flexibility index (Phi) is 2.58. The maximum Gasteiger partial charge on any atom is 0.213 e. The molecule has 1 aliphatic rings. The Morgan fingerprint density at radius 2 is 2.07 bits per heavy atom. The fourth-order valence-corrected chi connectivity index (χ4v) is 4.58. The van der Waals surface area contributed by atoms with E-state index in [1.54, 1.807) is 10.6 Å². The second-order valence-electron chi connectivity index (χ2n) is 8.03. The van der Waals surface area contributed by atoms with Crippen LogP contribution in [-0.4, -0.2) is 9.55 Å². The molecule has 2 aromatic carbocycles. The summed E-state index contributed by atoms with van der Waals surface area (Å²) >= 11 is 0. The summed E-state index contributed by atoms with van der Waals surface area (Å²) in [5.41, 5.74) is 6.01. The number of hydrogen-bond acceptors (Lipinski definition) is 1. The van der Waals surface area contributed by atoms with Crippen LogP contribution in [0.3, 0.4) is 0 Å². The predicted octanol–water partition coefficient (Wildman–Crippen LogP) is 5.47. The molecule has 1 aliphatic heterocycles. The second-order valence-corrected chi connectivity index (χ2v) is 8.03. The van der Waals surface area contributed by atoms with Gasteiger partial charge in [0.1, 0.15) is 12.9 Å². The summed E-state index contributed by atoms with van der Waals surface area (Å²) in [6.45, 7) is 0.872. The van der Waals surface area contributed by atoms with Gasteiger partial charge in [0.05, 0.1) is 16.9 Å². The van der Waals surface area contributed by atoms with Crippen LogP contribution in [0.25, 0.3) is 27.8 Å². The van der Waals surface area contributed by atoms with Crippen molar-refractivity contribution in [1.82, 2.24) is 9.55 Å². The van der Waals surface area contributed by atoms with Crippen LogP contribution in [0.4, 0.5) is 0 Å². The maximum atomic E-state index is 8.57. The quantitative estimate of drug-likeness (QED) is 0.367. The number of hydrogen-bond donors (Lipinski definition) is 0. The number of benzene rings is 2. The van der Waals surface area contributed by atoms with Gasteiger partial charge in [-0.2, -0.15) is 4.57 Å². The van der Waals surface area contributed by atoms with Gasteiger partial charge in [-0.05, 0) is 60.9 Å². The Morgan fingerprint density at radius 1 is 1.21 bits per heavy atom. The third kappa shape index (κ3) is 2.57. The Hall–Kier alpha value is -2.94. The Balaban J connectivity index is 1.81. The van der Waals surface area contributed by atoms with Crippen LogP contribution in [0.5, 0.6) is 0 Å². The van der Waals surface area contributed by atoms with Crippen LogP contribution >= 0.6 is 0 Å². The first-order chi connectivity index (χ1) is 16.6. The highest BCUT2D eigenvalue weighted by molar-refractivity contribution is 5.83. The van der Waals surface area contributed by atoms with Crippen LogP contribution in [0, 0.1) is 20.6 Å². The summed E-state index contributed by atoms with van der Waals surface area (Å²) in [7, 11) is 1.95. The molecule has 2 aromatic heterocycles. The van der Waals surface area contributed by atoms with Crippen LogP contribution in [0.15, 0.2) is 42.6 Å². The van der Waals surface area contributed by atoms with E-state index >= 15 is 0 Å². The van der Waals surface area contributed by atoms with Gasteiger partial charge in [0.2, 0.25) is 11.2 Å². The number of nitrogens with zero attached hydrogens (tertiary/aromatic N) is 3. The van der Waals surface area contributed by atoms with E-state index in [0.29, 0.717) is 23.5 Å². The average Bonchev–Trinajstić information content (AvgIpc) is 3.31. The van der Waals surface area contributed by atoms with E-state index in [2.05, 4.69) is 4.98 Å². The number of imidazole rings is 1. The first-order valence-corrected chi connectivity index (χ1v) is 9.77. The van der Waals surface area contributed by atoms with Crippen molar-refractivity contribution in [2.75, 3.05) is 0 Å². The Labute approximate surface area is 182 Å². The zero-order valence-corrected chi connectivity index (χ0v) is 17.1. The third-order valence-electron chi connectivity index (χ3n) is 6.05. The van der Waals surface area contributed by atoms with Crippen molar-refractivity contribution in [2.45, 2.75) is 46.8 Å². The minimum absolute atomic E-state index is 0.00232. The van der Waals surface area contributed by atoms with Gasteiger partial charge in [-0.3, -0.25) is 0 Å². The number of aryl methyl sites for hydroxylation is 3. The van der Waals surface area contributed by atoms with Crippen LogP contribution < -0.4 is 4.57 Å². The van der Waals surface area contributed by atoms with E-state index in [0.717, 1.165) is 33.3 Å². The van der Waals surface area contributed by atoms with Crippen molar-refractivity contribution in [3.05, 3.63) is 76.4 Å². The van der Waals surface area contributed by atoms with E-state index in [9.17, 15) is 0 Å². The highest BCUT2D eigenvalue weighted by Gasteiger charge is 2.29. The van der Waals surface area contributed by atoms with E-state index in [1.165, 1.54) is 6.20 Å². The molecule has 0 fully saturated rings. The van der Waals surface area contributed by atoms with Crippen molar-refractivity contribution in [3.63, 3.8) is 0 Å². The Bertz CT molecular complexity index is 1540. The first kappa shape index (κ1) is 11.9. The fourth-order valence-electron chi connectivity index (χ4n) is 4.58. The standard InChI is InChI=1S/C26H28N3/c1-15(2)19-8-7-9-22-20(19)10-11-23(28(22)6)26-18(5)16(3)12-24-21(26)13-25-27-17(4)14-29(24)25/h7-12,14-15H,13H2,1-6H3/q+1/i3D3,4D3,15D. The van der Waals surface area contributed by atoms with Crippen molar-refractivity contribution in [3.8, 4) is 16.9 Å². The molecule has 0 bridgehead atoms. The van der Waals surface area contributed by atoms with Crippen molar-refractivity contribution >= 4 is 10.9 Å². The van der Waals surface area contributed by atoms with Gasteiger partial charge in [-0.25, -0.2) is 4.98 Å². The maximum absolute atomic E-state index is 8.57. The molecule has 0 radical (unpaired) electrons. The van der Waals surface area contributed by atoms with Crippen LogP contribution in [0.1, 0.15) is 63.1 Å². The molecule has 4 aromatic rings. The molecular weight excluding hydrogens is 354 g/mol. The minimum Gasteiger partial charge on any atom is -0.303 e. The van der Waals surface area contributed by atoms with Crippen LogP contribution in [0.2, 0.25) is 0 Å². The number of pyridine rings is 1. The SMILES string of the molecule is [2H]C([2H])([2H])c1cn2c(n1)Cc1c-2cc(C([2H])([2H])[2H])c(C)c1-c1ccc2c(C([2H])(C)C)cccc2[n+]1C. The number of aromatic nitrogens is 3. The molecule has 0 amide bonds. The first-order valence-electron chi connectivity index (χ1n) is 13.3. The minimum atomic E-state index is -2.35. The van der Waals surface area contributed by atoms with E-state index in [1.807, 2.05) is 62.7 Å². The van der Waals surface area contributed by atoms with Crippen molar-refractivity contribution in [2.24, 2.45) is 7.05 Å². The normalized spacial score (nSPS) is 17.4. The molecule has 0 saturated carbocycles. The monoisotopic (exact) mass is 389 g/mol. The van der Waals surface area contributed by atoms with E-state index in [4.69, 9.17) is 9.60 Å². The smallest absolute Gasteiger partial charge is 0.213 e. The topological polar surface area (TPSA) is 21.7 Å². The predicted molar refractivity (Wildman–Crippen MR) is 119 cm³/mol. The molecule has 3 nitrogen and oxygen atoms in total. The lowest BCUT2D eigenvalue weighted by molar-refractivity contribution is -0.633. The van der Waals surface area contributed by atoms with E-state index in [-0.39, 0.29) is 11.3 Å². The average molecular weight is 390 g/mol. The van der Waals surface area contributed by atoms with Gasteiger partial charge < -0.3 is 4.57 Å². The summed E-state index contributed by atoms with van der Waals surface area (Å²) in [4.78, 5) is 4.38. The van der Waals surface area contributed by atoms with Gasteiger partial charge in [-0.1, -0.05) is 26.0 Å². The van der Waals surface area contributed by atoms with Gasteiger partial charge in [0.25, 0.3) is 0 Å². The van der Waals surface area contributed by atoms with Gasteiger partial charge in [0, 0.05) is 39.7 Å².